The van der Waals surface area contributed by atoms with E-state index in [4.69, 9.17) is 5.73 Å². The molecule has 230 valence electrons. The Bertz CT molecular complexity index is 1520. The van der Waals surface area contributed by atoms with Gasteiger partial charge in [0, 0.05) is 28.5 Å². The average molecular weight is 623 g/mol. The Morgan fingerprint density at radius 1 is 0.818 bits per heavy atom. The van der Waals surface area contributed by atoms with E-state index in [0.29, 0.717) is 5.56 Å². The second-order valence-corrected chi connectivity index (χ2v) is 14.5. The van der Waals surface area contributed by atoms with Crippen molar-refractivity contribution in [1.82, 2.24) is 9.80 Å². The summed E-state index contributed by atoms with van der Waals surface area (Å²) in [7, 11) is 4.28. The average Bonchev–Trinajstić information content (AvgIpc) is 3.00. The van der Waals surface area contributed by atoms with Crippen LogP contribution in [0.25, 0.3) is 0 Å². The first-order chi connectivity index (χ1) is 20.6. The van der Waals surface area contributed by atoms with Crippen molar-refractivity contribution in [2.24, 2.45) is 5.73 Å². The number of amides is 1. The van der Waals surface area contributed by atoms with E-state index < -0.39 is 11.2 Å². The molecule has 8 heteroatoms. The summed E-state index contributed by atoms with van der Waals surface area (Å²) in [4.78, 5) is 16.3. The molecule has 0 unspecified atom stereocenters. The van der Waals surface area contributed by atoms with Gasteiger partial charge in [0.25, 0.3) is 0 Å². The minimum absolute atomic E-state index is 0. The van der Waals surface area contributed by atoms with Crippen molar-refractivity contribution in [2.75, 3.05) is 27.2 Å². The number of carbonyl (C=O) groups excluding carboxylic acids is 1. The van der Waals surface area contributed by atoms with Gasteiger partial charge >= 0.3 is 51.4 Å². The predicted molar refractivity (Wildman–Crippen MR) is 167 cm³/mol. The number of fused-ring (bicyclic) bond motifs is 2. The third kappa shape index (κ3) is 4.60. The van der Waals surface area contributed by atoms with Gasteiger partial charge in [0.15, 0.2) is 0 Å². The summed E-state index contributed by atoms with van der Waals surface area (Å²) in [5.41, 5.74) is 10.3. The number of nitrogens with two attached hydrogens (primary N) is 1. The fraction of sp³-hybridized carbons (Fsp3) is 0.611. The minimum atomic E-state index is -0.665. The summed E-state index contributed by atoms with van der Waals surface area (Å²) in [6.45, 7) is 2.05. The van der Waals surface area contributed by atoms with Crippen LogP contribution in [0.1, 0.15) is 104 Å². The third-order valence-corrected chi connectivity index (χ3v) is 12.9. The van der Waals surface area contributed by atoms with Crippen molar-refractivity contribution in [1.29, 1.82) is 5.26 Å². The molecule has 4 N–H and O–H groups in total. The van der Waals surface area contributed by atoms with E-state index in [0.717, 1.165) is 89.3 Å². The number of carbonyl (C=O) groups is 1. The number of primary amides is 1. The zero-order chi connectivity index (χ0) is 30.2. The first kappa shape index (κ1) is 32.8. The topological polar surface area (TPSA) is 114 Å². The molecule has 6 atom stereocenters. The van der Waals surface area contributed by atoms with Crippen molar-refractivity contribution >= 4 is 5.91 Å². The van der Waals surface area contributed by atoms with Crippen molar-refractivity contribution in [3.63, 3.8) is 0 Å². The monoisotopic (exact) mass is 622 g/mol. The smallest absolute Gasteiger partial charge is 1.00 e. The van der Waals surface area contributed by atoms with E-state index >= 15 is 0 Å². The first-order valence-electron chi connectivity index (χ1n) is 16.4. The minimum Gasteiger partial charge on any atom is -1.00 e. The maximum absolute atomic E-state index is 11.7. The Kier molecular flexibility index (Phi) is 8.83. The Morgan fingerprint density at radius 2 is 1.30 bits per heavy atom. The second-order valence-electron chi connectivity index (χ2n) is 14.5. The van der Waals surface area contributed by atoms with Gasteiger partial charge in [0.2, 0.25) is 5.91 Å². The molecule has 4 fully saturated rings. The fourth-order valence-electron chi connectivity index (χ4n) is 10.7. The molecule has 2 aromatic carbocycles. The molecular weight excluding hydrogens is 576 g/mol. The van der Waals surface area contributed by atoms with E-state index in [1.807, 2.05) is 18.2 Å². The molecule has 4 aliphatic carbocycles. The summed E-state index contributed by atoms with van der Waals surface area (Å²) in [5, 5.41) is 32.5. The van der Waals surface area contributed by atoms with Gasteiger partial charge < -0.3 is 27.2 Å². The van der Waals surface area contributed by atoms with Crippen LogP contribution >= 0.6 is 0 Å². The van der Waals surface area contributed by atoms with Gasteiger partial charge in [-0.25, -0.2) is 0 Å². The van der Waals surface area contributed by atoms with Crippen LogP contribution < -0.4 is 57.1 Å². The summed E-state index contributed by atoms with van der Waals surface area (Å²) in [6.07, 6.45) is 12.2. The molecule has 0 spiro atoms. The van der Waals surface area contributed by atoms with Crippen LogP contribution in [0, 0.1) is 11.3 Å². The van der Waals surface area contributed by atoms with Gasteiger partial charge in [-0.15, -0.1) is 0 Å². The van der Waals surface area contributed by atoms with Crippen LogP contribution in [0.5, 0.6) is 0 Å². The number of hydrogen-bond donors (Lipinski definition) is 3. The molecular formula is C36H47KN4O3. The molecule has 4 bridgehead atoms. The van der Waals surface area contributed by atoms with Gasteiger partial charge in [0.1, 0.15) is 0 Å². The standard InChI is InChI=1S/C18H24N2O2.C18H22N2O.K.H/c1-20-9-8-17-6-2-3-7-18(17,22)15(20)11-12-4-5-13(16(19)21)10-14(12)17;1-20-9-8-17-6-2-3-7-18(17,21)16(20)11-14-5-4-13(12-19)10-15(14)17;;/h4-5,10,15,22H,2-3,6-9,11H2,1H3,(H2,19,21);4-5,10,16,21H,2-3,6-9,11H2,1H3;;/q;;+1;-1/t15-,17+,18-;16-,17+,18-;;/m11../s1. The van der Waals surface area contributed by atoms with Crippen LogP contribution in [0.15, 0.2) is 36.4 Å². The van der Waals surface area contributed by atoms with E-state index in [1.54, 1.807) is 0 Å². The van der Waals surface area contributed by atoms with Gasteiger partial charge in [0.05, 0.1) is 22.8 Å². The molecule has 2 aromatic rings. The third-order valence-electron chi connectivity index (χ3n) is 12.9. The quantitative estimate of drug-likeness (QED) is 0.410. The van der Waals surface area contributed by atoms with Gasteiger partial charge in [-0.05, 0) is 125 Å². The Morgan fingerprint density at radius 3 is 1.80 bits per heavy atom. The molecule has 44 heavy (non-hydrogen) atoms. The van der Waals surface area contributed by atoms with Crippen molar-refractivity contribution in [3.8, 4) is 6.07 Å². The van der Waals surface area contributed by atoms with Crippen molar-refractivity contribution < 1.29 is 67.8 Å². The van der Waals surface area contributed by atoms with Crippen LogP contribution in [0.2, 0.25) is 0 Å². The molecule has 6 aliphatic rings. The molecule has 0 aromatic heterocycles. The predicted octanol–water partition coefficient (Wildman–Crippen LogP) is 1.07. The molecule has 2 aliphatic heterocycles. The number of likely N-dealkylation sites (tertiary alicyclic amines) is 2. The molecule has 2 heterocycles. The number of likely N-dealkylation sites (N-methyl/N-ethyl adjacent to an activating group) is 2. The first-order valence-corrected chi connectivity index (χ1v) is 16.4. The number of hydrogen-bond acceptors (Lipinski definition) is 6. The number of aliphatic hydroxyl groups is 2. The summed E-state index contributed by atoms with van der Waals surface area (Å²) < 4.78 is 0. The molecule has 0 radical (unpaired) electrons. The molecule has 7 nitrogen and oxygen atoms in total. The molecule has 2 saturated carbocycles. The van der Waals surface area contributed by atoms with Crippen LogP contribution in [0.3, 0.4) is 0 Å². The van der Waals surface area contributed by atoms with Crippen LogP contribution in [0.4, 0.5) is 0 Å². The summed E-state index contributed by atoms with van der Waals surface area (Å²) in [6, 6.07) is 14.7. The summed E-state index contributed by atoms with van der Waals surface area (Å²) >= 11 is 0. The van der Waals surface area contributed by atoms with Crippen molar-refractivity contribution in [2.45, 2.75) is 111 Å². The SMILES string of the molecule is CN1CC[C@]23CCCC[C@@]2(O)[C@H]1Cc1ccc(C#N)cc13.CN1CC[C@]23CCCC[C@@]2(O)[C@H]1Cc1ccc(C(N)=O)cc13.[H-].[K+]. The number of nitrogens with zero attached hydrogens (tertiary/aromatic N) is 3. The molecule has 1 amide bonds. The second kappa shape index (κ2) is 11.8. The van der Waals surface area contributed by atoms with E-state index in [2.05, 4.69) is 48.2 Å². The zero-order valence-corrected chi connectivity index (χ0v) is 29.9. The van der Waals surface area contributed by atoms with E-state index in [1.165, 1.54) is 28.7 Å². The maximum Gasteiger partial charge on any atom is 1.00 e. The largest absolute Gasteiger partial charge is 1.00 e. The van der Waals surface area contributed by atoms with E-state index in [9.17, 15) is 20.3 Å². The van der Waals surface area contributed by atoms with Crippen LogP contribution in [-0.4, -0.2) is 76.4 Å². The zero-order valence-electron chi connectivity index (χ0n) is 27.7. The van der Waals surface area contributed by atoms with Crippen molar-refractivity contribution in [3.05, 3.63) is 69.8 Å². The van der Waals surface area contributed by atoms with Gasteiger partial charge in [-0.3, -0.25) is 4.79 Å². The van der Waals surface area contributed by atoms with Gasteiger partial charge in [-0.2, -0.15) is 5.26 Å². The Labute approximate surface area is 306 Å². The number of piperidine rings is 2. The number of rotatable bonds is 1. The maximum atomic E-state index is 11.7. The Hall–Kier alpha value is -1.12. The fourth-order valence-corrected chi connectivity index (χ4v) is 10.7. The molecule has 2 saturated heterocycles. The van der Waals surface area contributed by atoms with Gasteiger partial charge in [-0.1, -0.05) is 37.8 Å². The number of benzene rings is 2. The van der Waals surface area contributed by atoms with Crippen LogP contribution in [-0.2, 0) is 23.7 Å². The summed E-state index contributed by atoms with van der Waals surface area (Å²) in [5.74, 6) is -0.381. The molecule has 8 rings (SSSR count). The number of nitriles is 1. The normalized spacial score (nSPS) is 36.9. The Balaban J connectivity index is 0.000000170. The van der Waals surface area contributed by atoms with E-state index in [-0.39, 0.29) is 81.6 Å².